The molecule has 0 spiro atoms. The zero-order valence-electron chi connectivity index (χ0n) is 20.0. The van der Waals surface area contributed by atoms with Crippen LogP contribution in [0.1, 0.15) is 74.1 Å². The number of aliphatic hydroxyl groups excluding tert-OH is 1. The summed E-state index contributed by atoms with van der Waals surface area (Å²) in [6.07, 6.45) is 0.309. The van der Waals surface area contributed by atoms with Crippen LogP contribution in [-0.4, -0.2) is 40.8 Å². The SMILES string of the molecule is CCC(=O)O[C@@H]1[C@H](OC(C)=O)C2=C(C(=O)C(=O)C(C(C)C)=C2O)[C@@]2(C)CCCC(C)(C)[C@H]12. The number of allylic oxidation sites excluding steroid dienone is 2. The van der Waals surface area contributed by atoms with Crippen molar-refractivity contribution in [2.75, 3.05) is 0 Å². The first kappa shape index (κ1) is 24.2. The topological polar surface area (TPSA) is 107 Å². The van der Waals surface area contributed by atoms with Gasteiger partial charge in [-0.1, -0.05) is 48.0 Å². The number of Topliss-reactive ketones (excluding diaryl/α,β-unsaturated/α-hetero) is 2. The van der Waals surface area contributed by atoms with Crippen LogP contribution >= 0.6 is 0 Å². The standard InChI is InChI=1S/C25H34O7/c1-8-14(27)32-22-21(31-13(4)26)16-17(20(30)19(29)15(12(2)3)18(16)28)25(7)11-9-10-24(5,6)23(22)25/h12,21-23,28H,8-11H2,1-7H3/t21-,22-,23+,25-/m1/s1. The first-order valence-electron chi connectivity index (χ1n) is 11.4. The van der Waals surface area contributed by atoms with E-state index in [2.05, 4.69) is 0 Å². The van der Waals surface area contributed by atoms with E-state index in [1.54, 1.807) is 20.8 Å². The predicted molar refractivity (Wildman–Crippen MR) is 116 cm³/mol. The van der Waals surface area contributed by atoms with Crippen molar-refractivity contribution in [3.8, 4) is 0 Å². The number of carbonyl (C=O) groups is 4. The third kappa shape index (κ3) is 3.59. The molecule has 3 aliphatic rings. The Morgan fingerprint density at radius 3 is 2.25 bits per heavy atom. The van der Waals surface area contributed by atoms with Crippen LogP contribution in [0, 0.1) is 22.7 Å². The van der Waals surface area contributed by atoms with Gasteiger partial charge in [0, 0.05) is 41.4 Å². The van der Waals surface area contributed by atoms with Gasteiger partial charge in [0.1, 0.15) is 11.9 Å². The van der Waals surface area contributed by atoms with Crippen LogP contribution in [-0.2, 0) is 28.7 Å². The molecule has 0 heterocycles. The van der Waals surface area contributed by atoms with Crippen LogP contribution in [0.25, 0.3) is 0 Å². The molecule has 0 aliphatic heterocycles. The number of esters is 2. The maximum atomic E-state index is 13.5. The molecule has 0 aromatic carbocycles. The second-order valence-electron chi connectivity index (χ2n) is 10.4. The van der Waals surface area contributed by atoms with Gasteiger partial charge < -0.3 is 14.6 Å². The van der Waals surface area contributed by atoms with Crippen molar-refractivity contribution in [3.63, 3.8) is 0 Å². The number of aliphatic hydroxyl groups is 1. The summed E-state index contributed by atoms with van der Waals surface area (Å²) >= 11 is 0. The molecule has 3 rings (SSSR count). The van der Waals surface area contributed by atoms with Crippen molar-refractivity contribution < 1.29 is 33.8 Å². The first-order chi connectivity index (χ1) is 14.8. The molecular weight excluding hydrogens is 412 g/mol. The van der Waals surface area contributed by atoms with Crippen LogP contribution < -0.4 is 0 Å². The Labute approximate surface area is 189 Å². The molecule has 0 bridgehead atoms. The Morgan fingerprint density at radius 1 is 1.09 bits per heavy atom. The molecule has 0 aromatic rings. The maximum Gasteiger partial charge on any atom is 0.305 e. The van der Waals surface area contributed by atoms with E-state index in [0.717, 1.165) is 12.8 Å². The van der Waals surface area contributed by atoms with Gasteiger partial charge in [0.15, 0.2) is 6.10 Å². The Kier molecular flexibility index (Phi) is 6.17. The summed E-state index contributed by atoms with van der Waals surface area (Å²) in [6.45, 7) is 12.3. The van der Waals surface area contributed by atoms with Crippen LogP contribution in [0.5, 0.6) is 0 Å². The molecule has 0 aromatic heterocycles. The Bertz CT molecular complexity index is 936. The minimum absolute atomic E-state index is 0.00332. The van der Waals surface area contributed by atoms with Gasteiger partial charge in [0.25, 0.3) is 0 Å². The Balaban J connectivity index is 2.39. The molecule has 1 saturated carbocycles. The highest BCUT2D eigenvalue weighted by atomic mass is 16.6. The number of ether oxygens (including phenoxy) is 2. The number of carbonyl (C=O) groups excluding carboxylic acids is 4. The quantitative estimate of drug-likeness (QED) is 0.395. The highest BCUT2D eigenvalue weighted by molar-refractivity contribution is 6.50. The first-order valence-corrected chi connectivity index (χ1v) is 11.4. The molecule has 1 N–H and O–H groups in total. The summed E-state index contributed by atoms with van der Waals surface area (Å²) in [6, 6.07) is 0. The van der Waals surface area contributed by atoms with E-state index in [1.807, 2.05) is 20.8 Å². The molecule has 7 nitrogen and oxygen atoms in total. The summed E-state index contributed by atoms with van der Waals surface area (Å²) in [4.78, 5) is 51.1. The van der Waals surface area contributed by atoms with Crippen molar-refractivity contribution in [2.45, 2.75) is 86.4 Å². The van der Waals surface area contributed by atoms with Gasteiger partial charge >= 0.3 is 11.9 Å². The minimum Gasteiger partial charge on any atom is -0.507 e. The molecule has 4 atom stereocenters. The van der Waals surface area contributed by atoms with Gasteiger partial charge in [-0.25, -0.2) is 0 Å². The van der Waals surface area contributed by atoms with Crippen LogP contribution in [0.4, 0.5) is 0 Å². The third-order valence-corrected chi connectivity index (χ3v) is 7.41. The van der Waals surface area contributed by atoms with Crippen LogP contribution in [0.15, 0.2) is 22.5 Å². The summed E-state index contributed by atoms with van der Waals surface area (Å²) in [7, 11) is 0. The molecule has 0 amide bonds. The lowest BCUT2D eigenvalue weighted by Crippen LogP contribution is -2.61. The number of ketones is 2. The van der Waals surface area contributed by atoms with E-state index in [9.17, 15) is 24.3 Å². The van der Waals surface area contributed by atoms with Crippen LogP contribution in [0.3, 0.4) is 0 Å². The van der Waals surface area contributed by atoms with E-state index in [1.165, 1.54) is 6.92 Å². The van der Waals surface area contributed by atoms with E-state index < -0.39 is 47.0 Å². The van der Waals surface area contributed by atoms with Gasteiger partial charge in [-0.2, -0.15) is 0 Å². The third-order valence-electron chi connectivity index (χ3n) is 7.41. The molecule has 0 radical (unpaired) electrons. The average molecular weight is 447 g/mol. The summed E-state index contributed by atoms with van der Waals surface area (Å²) in [5, 5.41) is 11.3. The fraction of sp³-hybridized carbons (Fsp3) is 0.680. The average Bonchev–Trinajstić information content (AvgIpc) is 2.66. The van der Waals surface area contributed by atoms with Crippen molar-refractivity contribution >= 4 is 23.5 Å². The summed E-state index contributed by atoms with van der Waals surface area (Å²) < 4.78 is 11.6. The van der Waals surface area contributed by atoms with Gasteiger partial charge in [0.2, 0.25) is 11.6 Å². The maximum absolute atomic E-state index is 13.5. The molecule has 0 saturated heterocycles. The zero-order valence-corrected chi connectivity index (χ0v) is 20.0. The van der Waals surface area contributed by atoms with Crippen molar-refractivity contribution in [1.29, 1.82) is 0 Å². The largest absolute Gasteiger partial charge is 0.507 e. The van der Waals surface area contributed by atoms with Gasteiger partial charge in [-0.15, -0.1) is 0 Å². The van der Waals surface area contributed by atoms with E-state index in [-0.39, 0.29) is 40.2 Å². The van der Waals surface area contributed by atoms with E-state index in [4.69, 9.17) is 9.47 Å². The lowest BCUT2D eigenvalue weighted by Gasteiger charge is -2.58. The smallest absolute Gasteiger partial charge is 0.305 e. The number of rotatable bonds is 4. The molecule has 7 heteroatoms. The summed E-state index contributed by atoms with van der Waals surface area (Å²) in [5.74, 6) is -3.58. The van der Waals surface area contributed by atoms with E-state index >= 15 is 0 Å². The zero-order chi connectivity index (χ0) is 24.2. The van der Waals surface area contributed by atoms with Gasteiger partial charge in [0.05, 0.1) is 0 Å². The fourth-order valence-electron chi connectivity index (χ4n) is 6.29. The second-order valence-corrected chi connectivity index (χ2v) is 10.4. The van der Waals surface area contributed by atoms with Gasteiger partial charge in [-0.3, -0.25) is 19.2 Å². The Morgan fingerprint density at radius 2 is 1.72 bits per heavy atom. The summed E-state index contributed by atoms with van der Waals surface area (Å²) in [5.41, 5.74) is -0.862. The van der Waals surface area contributed by atoms with Gasteiger partial charge in [-0.05, 0) is 24.2 Å². The normalized spacial score (nSPS) is 31.9. The lowest BCUT2D eigenvalue weighted by molar-refractivity contribution is -0.186. The molecular formula is C25H34O7. The highest BCUT2D eigenvalue weighted by Crippen LogP contribution is 2.62. The molecule has 32 heavy (non-hydrogen) atoms. The van der Waals surface area contributed by atoms with Crippen LogP contribution in [0.2, 0.25) is 0 Å². The van der Waals surface area contributed by atoms with Crippen molar-refractivity contribution in [2.24, 2.45) is 22.7 Å². The number of fused-ring (bicyclic) bond motifs is 2. The lowest BCUT2D eigenvalue weighted by atomic mass is 9.47. The molecule has 176 valence electrons. The van der Waals surface area contributed by atoms with Crippen molar-refractivity contribution in [1.82, 2.24) is 0 Å². The predicted octanol–water partition coefficient (Wildman–Crippen LogP) is 4.00. The molecule has 1 fully saturated rings. The highest BCUT2D eigenvalue weighted by Gasteiger charge is 2.63. The Hall–Kier alpha value is -2.44. The molecule has 0 unspecified atom stereocenters. The minimum atomic E-state index is -1.17. The fourth-order valence-corrected chi connectivity index (χ4v) is 6.29. The van der Waals surface area contributed by atoms with E-state index in [0.29, 0.717) is 6.42 Å². The molecule has 3 aliphatic carbocycles. The van der Waals surface area contributed by atoms with Crippen molar-refractivity contribution in [3.05, 3.63) is 22.5 Å². The monoisotopic (exact) mass is 446 g/mol. The second kappa shape index (κ2) is 8.16. The number of hydrogen-bond donors (Lipinski definition) is 1. The number of hydrogen-bond acceptors (Lipinski definition) is 7.